The molecule has 1 aromatic carbocycles. The van der Waals surface area contributed by atoms with Gasteiger partial charge in [-0.05, 0) is 107 Å². The highest BCUT2D eigenvalue weighted by Gasteiger charge is 2.58. The summed E-state index contributed by atoms with van der Waals surface area (Å²) in [7, 11) is 4.00. The smallest absolute Gasteiger partial charge is 0.311 e. The van der Waals surface area contributed by atoms with Crippen LogP contribution in [0, 0.1) is 35.5 Å². The van der Waals surface area contributed by atoms with Crippen molar-refractivity contribution >= 4 is 23.9 Å². The van der Waals surface area contributed by atoms with Crippen molar-refractivity contribution in [2.45, 2.75) is 82.8 Å². The third kappa shape index (κ3) is 7.15. The van der Waals surface area contributed by atoms with Gasteiger partial charge in [0.15, 0.2) is 0 Å². The molecule has 0 unspecified atom stereocenters. The zero-order valence-electron chi connectivity index (χ0n) is 24.1. The Balaban J connectivity index is 1.26. The van der Waals surface area contributed by atoms with Gasteiger partial charge < -0.3 is 19.1 Å². The molecular formula is C30H44N2O6S. The molecule has 0 heterocycles. The molecule has 0 N–H and O–H groups in total. The Morgan fingerprint density at radius 3 is 2.23 bits per heavy atom. The Labute approximate surface area is 237 Å². The Kier molecular flexibility index (Phi) is 9.97. The van der Waals surface area contributed by atoms with Gasteiger partial charge in [0.05, 0.1) is 24.2 Å². The summed E-state index contributed by atoms with van der Waals surface area (Å²) in [4.78, 5) is 38.5. The maximum absolute atomic E-state index is 12.6. The third-order valence-corrected chi connectivity index (χ3v) is 10.3. The molecule has 4 bridgehead atoms. The van der Waals surface area contributed by atoms with Crippen LogP contribution in [-0.4, -0.2) is 55.4 Å². The van der Waals surface area contributed by atoms with Gasteiger partial charge in [-0.1, -0.05) is 13.8 Å². The average Bonchev–Trinajstić information content (AvgIpc) is 2.86. The molecule has 1 aromatic rings. The number of esters is 2. The summed E-state index contributed by atoms with van der Waals surface area (Å²) in [5, 5.41) is 0. The summed E-state index contributed by atoms with van der Waals surface area (Å²) in [6.45, 7) is 7.65. The van der Waals surface area contributed by atoms with Crippen molar-refractivity contribution in [3.05, 3.63) is 28.2 Å². The van der Waals surface area contributed by atoms with E-state index in [1.165, 1.54) is 18.4 Å². The second-order valence-corrected chi connectivity index (χ2v) is 13.4. The second-order valence-electron chi connectivity index (χ2n) is 12.3. The number of nitroso groups, excluding NO2 is 1. The van der Waals surface area contributed by atoms with Crippen molar-refractivity contribution < 1.29 is 23.8 Å². The first-order valence-corrected chi connectivity index (χ1v) is 15.2. The molecule has 0 radical (unpaired) electrons. The van der Waals surface area contributed by atoms with Crippen LogP contribution in [0.2, 0.25) is 0 Å². The van der Waals surface area contributed by atoms with Crippen LogP contribution in [0.3, 0.4) is 0 Å². The van der Waals surface area contributed by atoms with Gasteiger partial charge in [-0.15, -0.1) is 4.91 Å². The molecule has 9 heteroatoms. The van der Waals surface area contributed by atoms with Crippen molar-refractivity contribution in [3.63, 3.8) is 0 Å². The van der Waals surface area contributed by atoms with Crippen molar-refractivity contribution in [1.82, 2.24) is 4.90 Å². The summed E-state index contributed by atoms with van der Waals surface area (Å²) >= 11 is 1.19. The van der Waals surface area contributed by atoms with Crippen molar-refractivity contribution in [1.29, 1.82) is 0 Å². The number of hydrogen-bond donors (Lipinski definition) is 0. The van der Waals surface area contributed by atoms with Crippen LogP contribution in [0.15, 0.2) is 16.7 Å². The minimum absolute atomic E-state index is 0.0380. The molecular weight excluding hydrogens is 516 g/mol. The SMILES string of the molecule is Cc1cc(OCCN(C)C)c(C(C)C)cc1OC(=O)CCC(=O)OCCC1(SN=O)C2CC3CC(C2)CC1C3. The molecule has 0 aromatic heterocycles. The lowest BCUT2D eigenvalue weighted by molar-refractivity contribution is -0.147. The van der Waals surface area contributed by atoms with E-state index in [2.05, 4.69) is 23.3 Å². The highest BCUT2D eigenvalue weighted by Crippen LogP contribution is 2.64. The van der Waals surface area contributed by atoms with E-state index in [-0.39, 0.29) is 30.1 Å². The van der Waals surface area contributed by atoms with Gasteiger partial charge in [-0.3, -0.25) is 9.59 Å². The summed E-state index contributed by atoms with van der Waals surface area (Å²) in [6, 6.07) is 3.78. The maximum atomic E-state index is 12.6. The number of hydrogen-bond acceptors (Lipinski definition) is 9. The van der Waals surface area contributed by atoms with E-state index in [9.17, 15) is 14.5 Å². The van der Waals surface area contributed by atoms with Gasteiger partial charge in [-0.25, -0.2) is 0 Å². The van der Waals surface area contributed by atoms with Gasteiger partial charge in [0.25, 0.3) is 0 Å². The fourth-order valence-electron chi connectivity index (χ4n) is 7.13. The van der Waals surface area contributed by atoms with E-state index < -0.39 is 11.9 Å². The van der Waals surface area contributed by atoms with E-state index in [1.807, 2.05) is 33.2 Å². The first kappa shape index (κ1) is 29.8. The Morgan fingerprint density at radius 1 is 1.00 bits per heavy atom. The molecule has 39 heavy (non-hydrogen) atoms. The molecule has 4 aliphatic rings. The van der Waals surface area contributed by atoms with E-state index in [1.54, 1.807) is 0 Å². The lowest BCUT2D eigenvalue weighted by Crippen LogP contribution is -2.56. The van der Waals surface area contributed by atoms with Gasteiger partial charge in [0.2, 0.25) is 0 Å². The quantitative estimate of drug-likeness (QED) is 0.113. The Bertz CT molecular complexity index is 1010. The topological polar surface area (TPSA) is 94.5 Å². The van der Waals surface area contributed by atoms with Crippen LogP contribution in [0.4, 0.5) is 0 Å². The second kappa shape index (κ2) is 13.0. The van der Waals surface area contributed by atoms with Gasteiger partial charge in [-0.2, -0.15) is 0 Å². The lowest BCUT2D eigenvalue weighted by Gasteiger charge is -2.59. The average molecular weight is 561 g/mol. The van der Waals surface area contributed by atoms with Crippen LogP contribution >= 0.6 is 11.9 Å². The van der Waals surface area contributed by atoms with Gasteiger partial charge in [0.1, 0.15) is 18.1 Å². The van der Waals surface area contributed by atoms with E-state index in [0.29, 0.717) is 30.6 Å². The molecule has 0 spiro atoms. The molecule has 4 aliphatic carbocycles. The number of likely N-dealkylation sites (N-methyl/N-ethyl adjacent to an activating group) is 1. The normalized spacial score (nSPS) is 27.2. The number of ether oxygens (including phenoxy) is 3. The number of rotatable bonds is 14. The number of benzene rings is 1. The molecule has 0 atom stereocenters. The zero-order chi connectivity index (χ0) is 28.2. The summed E-state index contributed by atoms with van der Waals surface area (Å²) in [6.07, 6.45) is 6.54. The predicted molar refractivity (Wildman–Crippen MR) is 153 cm³/mol. The lowest BCUT2D eigenvalue weighted by atomic mass is 9.51. The predicted octanol–water partition coefficient (Wildman–Crippen LogP) is 6.29. The molecule has 4 saturated carbocycles. The third-order valence-electron chi connectivity index (χ3n) is 8.97. The molecule has 216 valence electrons. The molecule has 0 amide bonds. The molecule has 0 saturated heterocycles. The number of aryl methyl sites for hydroxylation is 1. The number of nitrogens with zero attached hydrogens (tertiary/aromatic N) is 2. The molecule has 5 rings (SSSR count). The summed E-state index contributed by atoms with van der Waals surface area (Å²) < 4.78 is 20.2. The Hall–Kier alpha value is -2.13. The molecule has 8 nitrogen and oxygen atoms in total. The van der Waals surface area contributed by atoms with E-state index >= 15 is 0 Å². The monoisotopic (exact) mass is 560 g/mol. The van der Waals surface area contributed by atoms with Crippen molar-refractivity contribution in [3.8, 4) is 11.5 Å². The van der Waals surface area contributed by atoms with Crippen LogP contribution in [0.1, 0.15) is 82.3 Å². The van der Waals surface area contributed by atoms with E-state index in [4.69, 9.17) is 14.2 Å². The largest absolute Gasteiger partial charge is 0.492 e. The maximum Gasteiger partial charge on any atom is 0.311 e. The van der Waals surface area contributed by atoms with Crippen LogP contribution in [0.25, 0.3) is 0 Å². The van der Waals surface area contributed by atoms with Crippen LogP contribution in [0.5, 0.6) is 11.5 Å². The minimum Gasteiger partial charge on any atom is -0.492 e. The standard InChI is InChI=1S/C30H44N2O6S/c1-19(2)25-18-26(20(3)12-27(25)36-11-9-32(4)5)38-29(34)7-6-28(33)37-10-8-30(39-31-35)23-14-21-13-22(16-23)17-24(30)15-21/h12,18-19,21-24H,6-11,13-17H2,1-5H3. The fraction of sp³-hybridized carbons (Fsp3) is 0.733. The van der Waals surface area contributed by atoms with Crippen LogP contribution < -0.4 is 9.47 Å². The highest BCUT2D eigenvalue weighted by atomic mass is 32.2. The zero-order valence-corrected chi connectivity index (χ0v) is 24.9. The van der Waals surface area contributed by atoms with Crippen molar-refractivity contribution in [2.24, 2.45) is 28.3 Å². The first-order valence-electron chi connectivity index (χ1n) is 14.4. The molecule has 4 fully saturated rings. The summed E-state index contributed by atoms with van der Waals surface area (Å²) in [5.74, 6) is 3.12. The van der Waals surface area contributed by atoms with Gasteiger partial charge >= 0.3 is 11.9 Å². The van der Waals surface area contributed by atoms with Crippen molar-refractivity contribution in [2.75, 3.05) is 33.9 Å². The number of carbonyl (C=O) groups excluding carboxylic acids is 2. The van der Waals surface area contributed by atoms with Gasteiger partial charge in [0, 0.05) is 28.6 Å². The fourth-order valence-corrected chi connectivity index (χ4v) is 8.13. The van der Waals surface area contributed by atoms with Crippen LogP contribution in [-0.2, 0) is 14.3 Å². The molecule has 0 aliphatic heterocycles. The summed E-state index contributed by atoms with van der Waals surface area (Å²) in [5.41, 5.74) is 1.78. The minimum atomic E-state index is -0.468. The highest BCUT2D eigenvalue weighted by molar-refractivity contribution is 7.99. The first-order chi connectivity index (χ1) is 18.6. The van der Waals surface area contributed by atoms with E-state index in [0.717, 1.165) is 60.9 Å². The number of carbonyl (C=O) groups is 2. The Morgan fingerprint density at radius 2 is 1.64 bits per heavy atom.